The highest BCUT2D eigenvalue weighted by Gasteiger charge is 2.36. The van der Waals surface area contributed by atoms with Crippen molar-refractivity contribution in [2.24, 2.45) is 0 Å². The van der Waals surface area contributed by atoms with Gasteiger partial charge in [0, 0.05) is 7.05 Å². The van der Waals surface area contributed by atoms with E-state index in [4.69, 9.17) is 23.4 Å². The molecule has 25 heavy (non-hydrogen) atoms. The van der Waals surface area contributed by atoms with Gasteiger partial charge in [0.05, 0.1) is 5.69 Å². The zero-order valence-electron chi connectivity index (χ0n) is 13.7. The van der Waals surface area contributed by atoms with Gasteiger partial charge in [-0.25, -0.2) is 0 Å². The largest absolute Gasteiger partial charge is 0.481 e. The summed E-state index contributed by atoms with van der Waals surface area (Å²) in [4.78, 5) is 16.1. The van der Waals surface area contributed by atoms with Crippen molar-refractivity contribution in [3.63, 3.8) is 0 Å². The van der Waals surface area contributed by atoms with Gasteiger partial charge in [0.1, 0.15) is 18.1 Å². The average molecular weight is 348 g/mol. The molecule has 0 bridgehead atoms. The first-order valence-electron chi connectivity index (χ1n) is 7.67. The Morgan fingerprint density at radius 1 is 1.16 bits per heavy atom. The van der Waals surface area contributed by atoms with Crippen molar-refractivity contribution in [2.45, 2.75) is 0 Å². The van der Waals surface area contributed by atoms with Crippen LogP contribution in [-0.4, -0.2) is 29.6 Å². The third-order valence-electron chi connectivity index (χ3n) is 3.78. The van der Waals surface area contributed by atoms with E-state index in [1.165, 1.54) is 4.90 Å². The lowest BCUT2D eigenvalue weighted by Gasteiger charge is -2.16. The van der Waals surface area contributed by atoms with Gasteiger partial charge in [-0.1, -0.05) is 36.3 Å². The first kappa shape index (κ1) is 16.7. The van der Waals surface area contributed by atoms with Gasteiger partial charge in [0.2, 0.25) is 0 Å². The number of para-hydroxylation sites is 1. The van der Waals surface area contributed by atoms with Gasteiger partial charge in [0.15, 0.2) is 5.11 Å². The number of carbonyl (C=O) groups is 1. The van der Waals surface area contributed by atoms with Crippen LogP contribution in [0.2, 0.25) is 0 Å². The molecular weight excluding hydrogens is 332 g/mol. The maximum Gasteiger partial charge on any atom is 0.281 e. The second-order valence-electron chi connectivity index (χ2n) is 5.41. The van der Waals surface area contributed by atoms with Gasteiger partial charge < -0.3 is 9.64 Å². The van der Waals surface area contributed by atoms with Crippen LogP contribution in [0.5, 0.6) is 5.75 Å². The first-order chi connectivity index (χ1) is 12.1. The quantitative estimate of drug-likeness (QED) is 0.482. The third kappa shape index (κ3) is 3.39. The predicted molar refractivity (Wildman–Crippen MR) is 103 cm³/mol. The van der Waals surface area contributed by atoms with Crippen LogP contribution in [-0.2, 0) is 4.79 Å². The number of terminal acetylenes is 1. The molecule has 1 saturated heterocycles. The maximum atomic E-state index is 12.8. The Hall–Kier alpha value is -3.10. The van der Waals surface area contributed by atoms with Gasteiger partial charge in [-0.3, -0.25) is 9.69 Å². The summed E-state index contributed by atoms with van der Waals surface area (Å²) in [5.74, 6) is 2.96. The molecule has 0 unspecified atom stereocenters. The van der Waals surface area contributed by atoms with E-state index >= 15 is 0 Å². The molecule has 0 aromatic heterocycles. The molecule has 1 amide bonds. The van der Waals surface area contributed by atoms with Crippen LogP contribution < -0.4 is 9.64 Å². The van der Waals surface area contributed by atoms with Crippen molar-refractivity contribution in [1.82, 2.24) is 4.90 Å². The summed E-state index contributed by atoms with van der Waals surface area (Å²) in [6.07, 6.45) is 6.98. The molecule has 0 spiro atoms. The zero-order chi connectivity index (χ0) is 17.8. The summed E-state index contributed by atoms with van der Waals surface area (Å²) in [5.41, 5.74) is 2.15. The van der Waals surface area contributed by atoms with Crippen LogP contribution in [0, 0.1) is 12.3 Å². The van der Waals surface area contributed by atoms with E-state index in [0.29, 0.717) is 16.6 Å². The molecule has 4 nitrogen and oxygen atoms in total. The van der Waals surface area contributed by atoms with Crippen LogP contribution in [0.4, 0.5) is 5.69 Å². The van der Waals surface area contributed by atoms with Crippen molar-refractivity contribution in [3.05, 3.63) is 65.9 Å². The lowest BCUT2D eigenvalue weighted by Crippen LogP contribution is -2.30. The average Bonchev–Trinajstić information content (AvgIpc) is 2.85. The molecule has 1 heterocycles. The van der Waals surface area contributed by atoms with Gasteiger partial charge in [-0.2, -0.15) is 0 Å². The Morgan fingerprint density at radius 2 is 1.84 bits per heavy atom. The van der Waals surface area contributed by atoms with Crippen molar-refractivity contribution in [2.75, 3.05) is 18.6 Å². The lowest BCUT2D eigenvalue weighted by molar-refractivity contribution is -0.114. The van der Waals surface area contributed by atoms with E-state index in [9.17, 15) is 4.79 Å². The number of thiocarbonyl (C=S) groups is 1. The molecule has 2 aromatic rings. The smallest absolute Gasteiger partial charge is 0.281 e. The molecule has 0 aliphatic carbocycles. The summed E-state index contributed by atoms with van der Waals surface area (Å²) in [5, 5.41) is 0.455. The number of likely N-dealkylation sites (N-methyl/N-ethyl adjacent to an activating group) is 1. The molecule has 5 heteroatoms. The number of anilines is 1. The zero-order valence-corrected chi connectivity index (χ0v) is 14.5. The number of amides is 1. The van der Waals surface area contributed by atoms with Gasteiger partial charge in [-0.05, 0) is 48.1 Å². The number of hydrogen-bond donors (Lipinski definition) is 0. The molecule has 0 radical (unpaired) electrons. The summed E-state index contributed by atoms with van der Waals surface area (Å²) in [7, 11) is 1.79. The summed E-state index contributed by atoms with van der Waals surface area (Å²) in [6, 6.07) is 16.7. The molecule has 1 fully saturated rings. The van der Waals surface area contributed by atoms with E-state index in [1.54, 1.807) is 11.9 Å². The normalized spacial score (nSPS) is 15.6. The minimum absolute atomic E-state index is 0.147. The van der Waals surface area contributed by atoms with Crippen molar-refractivity contribution in [3.8, 4) is 18.1 Å². The van der Waals surface area contributed by atoms with Crippen LogP contribution in [0.1, 0.15) is 5.56 Å². The number of ether oxygens (including phenoxy) is 1. The van der Waals surface area contributed by atoms with Crippen LogP contribution in [0.15, 0.2) is 60.3 Å². The minimum atomic E-state index is -0.147. The van der Waals surface area contributed by atoms with E-state index in [1.807, 2.05) is 60.7 Å². The first-order valence-corrected chi connectivity index (χ1v) is 8.08. The van der Waals surface area contributed by atoms with E-state index in [-0.39, 0.29) is 12.5 Å². The van der Waals surface area contributed by atoms with Gasteiger partial charge >= 0.3 is 0 Å². The van der Waals surface area contributed by atoms with E-state index < -0.39 is 0 Å². The number of nitrogens with zero attached hydrogens (tertiary/aromatic N) is 2. The van der Waals surface area contributed by atoms with Crippen LogP contribution in [0.25, 0.3) is 6.08 Å². The molecule has 2 aromatic carbocycles. The second kappa shape index (κ2) is 7.20. The Labute approximate surface area is 152 Å². The Bertz CT molecular complexity index is 867. The van der Waals surface area contributed by atoms with Crippen molar-refractivity contribution in [1.29, 1.82) is 0 Å². The van der Waals surface area contributed by atoms with Gasteiger partial charge in [0.25, 0.3) is 5.91 Å². The summed E-state index contributed by atoms with van der Waals surface area (Å²) in [6.45, 7) is 0.224. The fourth-order valence-electron chi connectivity index (χ4n) is 2.50. The topological polar surface area (TPSA) is 32.8 Å². The fraction of sp³-hybridized carbons (Fsp3) is 0.100. The minimum Gasteiger partial charge on any atom is -0.481 e. The second-order valence-corrected chi connectivity index (χ2v) is 5.77. The van der Waals surface area contributed by atoms with Crippen molar-refractivity contribution >= 4 is 35.0 Å². The number of rotatable bonds is 4. The van der Waals surface area contributed by atoms with Crippen LogP contribution >= 0.6 is 12.2 Å². The van der Waals surface area contributed by atoms with Crippen LogP contribution in [0.3, 0.4) is 0 Å². The predicted octanol–water partition coefficient (Wildman–Crippen LogP) is 3.30. The molecule has 0 saturated carbocycles. The van der Waals surface area contributed by atoms with Gasteiger partial charge in [-0.15, -0.1) is 6.42 Å². The molecule has 124 valence electrons. The lowest BCUT2D eigenvalue weighted by atomic mass is 10.1. The number of hydrogen-bond acceptors (Lipinski definition) is 3. The monoisotopic (exact) mass is 348 g/mol. The fourth-order valence-corrected chi connectivity index (χ4v) is 2.79. The standard InChI is InChI=1S/C20H16N2O2S/c1-3-13-24-17-11-9-15(10-12-17)14-18-19(23)22(20(25)21(18)2)16-7-5-4-6-8-16/h1,4-12,14H,13H2,2H3/b18-14-. The van der Waals surface area contributed by atoms with Crippen molar-refractivity contribution < 1.29 is 9.53 Å². The molecule has 3 rings (SSSR count). The molecule has 1 aliphatic heterocycles. The number of benzene rings is 2. The van der Waals surface area contributed by atoms with E-state index in [0.717, 1.165) is 11.3 Å². The summed E-state index contributed by atoms with van der Waals surface area (Å²) < 4.78 is 5.35. The third-order valence-corrected chi connectivity index (χ3v) is 4.24. The maximum absolute atomic E-state index is 12.8. The SMILES string of the molecule is C#CCOc1ccc(/C=C2/C(=O)N(c3ccccc3)C(=S)N2C)cc1. The Balaban J connectivity index is 1.87. The Morgan fingerprint density at radius 3 is 2.48 bits per heavy atom. The molecule has 0 N–H and O–H groups in total. The molecule has 1 aliphatic rings. The number of carbonyl (C=O) groups excluding carboxylic acids is 1. The highest BCUT2D eigenvalue weighted by molar-refractivity contribution is 7.80. The highest BCUT2D eigenvalue weighted by atomic mass is 32.1. The summed E-state index contributed by atoms with van der Waals surface area (Å²) >= 11 is 5.44. The Kier molecular flexibility index (Phi) is 4.82. The highest BCUT2D eigenvalue weighted by Crippen LogP contribution is 2.27. The van der Waals surface area contributed by atoms with E-state index in [2.05, 4.69) is 5.92 Å². The molecule has 0 atom stereocenters. The molecular formula is C20H16N2O2S.